The van der Waals surface area contributed by atoms with Crippen molar-refractivity contribution in [3.8, 4) is 0 Å². The summed E-state index contributed by atoms with van der Waals surface area (Å²) in [6.07, 6.45) is -3.11. The van der Waals surface area contributed by atoms with E-state index in [0.717, 1.165) is 18.3 Å². The Balaban J connectivity index is 2.77. The summed E-state index contributed by atoms with van der Waals surface area (Å²) in [5.74, 6) is 0. The molecule has 2 N–H and O–H groups in total. The van der Waals surface area contributed by atoms with E-state index in [1.807, 2.05) is 20.8 Å². The number of anilines is 1. The lowest BCUT2D eigenvalue weighted by molar-refractivity contribution is -0.141. The van der Waals surface area contributed by atoms with Crippen LogP contribution in [0.4, 0.5) is 23.7 Å². The number of hydrogen-bond acceptors (Lipinski definition) is 3. The molecule has 1 aromatic rings. The van der Waals surface area contributed by atoms with E-state index in [4.69, 9.17) is 5.11 Å². The number of rotatable bonds is 5. The highest BCUT2D eigenvalue weighted by Crippen LogP contribution is 2.27. The van der Waals surface area contributed by atoms with Crippen molar-refractivity contribution in [2.75, 3.05) is 25.0 Å². The van der Waals surface area contributed by atoms with Gasteiger partial charge in [0.15, 0.2) is 0 Å². The summed E-state index contributed by atoms with van der Waals surface area (Å²) in [5.41, 5.74) is -0.973. The topological polar surface area (TPSA) is 65.5 Å². The van der Waals surface area contributed by atoms with Crippen molar-refractivity contribution >= 4 is 11.7 Å². The first kappa shape index (κ1) is 19.2. The second kappa shape index (κ2) is 7.63. The molecule has 1 rings (SSSR count). The second-order valence-electron chi connectivity index (χ2n) is 6.42. The number of halogens is 3. The Hall–Kier alpha value is -1.83. The molecule has 0 atom stereocenters. The van der Waals surface area contributed by atoms with Gasteiger partial charge in [0.05, 0.1) is 11.9 Å². The van der Waals surface area contributed by atoms with Crippen molar-refractivity contribution in [1.29, 1.82) is 0 Å². The lowest BCUT2D eigenvalue weighted by atomic mass is 9.96. The first-order chi connectivity index (χ1) is 10.5. The maximum Gasteiger partial charge on any atom is 0.433 e. The van der Waals surface area contributed by atoms with Crippen LogP contribution in [0.5, 0.6) is 0 Å². The van der Waals surface area contributed by atoms with Crippen LogP contribution < -0.4 is 5.32 Å². The molecule has 5 nitrogen and oxygen atoms in total. The molecule has 23 heavy (non-hydrogen) atoms. The fraction of sp³-hybridized carbons (Fsp3) is 0.600. The fourth-order valence-electron chi connectivity index (χ4n) is 1.92. The number of carbonyl (C=O) groups is 1. The number of aliphatic hydroxyl groups excluding tert-OH is 1. The molecule has 1 aromatic heterocycles. The van der Waals surface area contributed by atoms with Crippen molar-refractivity contribution in [1.82, 2.24) is 9.88 Å². The van der Waals surface area contributed by atoms with Gasteiger partial charge >= 0.3 is 12.2 Å². The molecule has 0 aliphatic heterocycles. The molecule has 0 saturated carbocycles. The standard InChI is InChI=1S/C15H22F3N3O2/c1-14(2,3)10-21(7-4-8-22)13(23)20-11-5-6-12(19-9-11)15(16,17)18/h5-6,9,22H,4,7-8,10H2,1-3H3,(H,20,23). The molecule has 1 heterocycles. The van der Waals surface area contributed by atoms with Gasteiger partial charge in [-0.25, -0.2) is 9.78 Å². The van der Waals surface area contributed by atoms with Gasteiger partial charge in [-0.1, -0.05) is 20.8 Å². The van der Waals surface area contributed by atoms with E-state index < -0.39 is 17.9 Å². The van der Waals surface area contributed by atoms with Gasteiger partial charge < -0.3 is 15.3 Å². The predicted molar refractivity (Wildman–Crippen MR) is 81.0 cm³/mol. The van der Waals surface area contributed by atoms with Crippen LogP contribution in [0.25, 0.3) is 0 Å². The number of nitrogens with zero attached hydrogens (tertiary/aromatic N) is 2. The second-order valence-corrected chi connectivity index (χ2v) is 6.42. The lowest BCUT2D eigenvalue weighted by Crippen LogP contribution is -2.41. The molecule has 8 heteroatoms. The van der Waals surface area contributed by atoms with Gasteiger partial charge in [-0.3, -0.25) is 0 Å². The maximum absolute atomic E-state index is 12.5. The summed E-state index contributed by atoms with van der Waals surface area (Å²) in [7, 11) is 0. The minimum Gasteiger partial charge on any atom is -0.396 e. The highest BCUT2D eigenvalue weighted by atomic mass is 19.4. The Morgan fingerprint density at radius 3 is 2.39 bits per heavy atom. The quantitative estimate of drug-likeness (QED) is 0.868. The zero-order valence-corrected chi connectivity index (χ0v) is 13.4. The average molecular weight is 333 g/mol. The van der Waals surface area contributed by atoms with Crippen molar-refractivity contribution in [3.63, 3.8) is 0 Å². The normalized spacial score (nSPS) is 12.1. The summed E-state index contributed by atoms with van der Waals surface area (Å²) in [4.78, 5) is 17.1. The largest absolute Gasteiger partial charge is 0.433 e. The van der Waals surface area contributed by atoms with Gasteiger partial charge in [0.1, 0.15) is 5.69 Å². The van der Waals surface area contributed by atoms with Crippen LogP contribution in [-0.2, 0) is 6.18 Å². The Morgan fingerprint density at radius 1 is 1.30 bits per heavy atom. The molecular weight excluding hydrogens is 311 g/mol. The molecule has 0 bridgehead atoms. The number of nitrogens with one attached hydrogen (secondary N) is 1. The van der Waals surface area contributed by atoms with Crippen LogP contribution in [0.3, 0.4) is 0 Å². The lowest BCUT2D eigenvalue weighted by Gasteiger charge is -2.30. The molecular formula is C15H22F3N3O2. The Bertz CT molecular complexity index is 510. The van der Waals surface area contributed by atoms with Crippen molar-refractivity contribution in [2.45, 2.75) is 33.4 Å². The van der Waals surface area contributed by atoms with E-state index in [2.05, 4.69) is 10.3 Å². The molecule has 0 radical (unpaired) electrons. The van der Waals surface area contributed by atoms with E-state index >= 15 is 0 Å². The van der Waals surface area contributed by atoms with Crippen LogP contribution in [-0.4, -0.2) is 40.7 Å². The summed E-state index contributed by atoms with van der Waals surface area (Å²) in [6, 6.07) is 1.54. The van der Waals surface area contributed by atoms with E-state index in [0.29, 0.717) is 19.5 Å². The summed E-state index contributed by atoms with van der Waals surface area (Å²) in [5, 5.41) is 11.4. The summed E-state index contributed by atoms with van der Waals surface area (Å²) >= 11 is 0. The fourth-order valence-corrected chi connectivity index (χ4v) is 1.92. The number of pyridine rings is 1. The first-order valence-corrected chi connectivity index (χ1v) is 7.23. The number of carbonyl (C=O) groups excluding carboxylic acids is 1. The molecule has 0 aliphatic rings. The molecule has 0 aliphatic carbocycles. The monoisotopic (exact) mass is 333 g/mol. The third-order valence-corrected chi connectivity index (χ3v) is 2.84. The number of aromatic nitrogens is 1. The van der Waals surface area contributed by atoms with Gasteiger partial charge in [0.2, 0.25) is 0 Å². The number of amides is 2. The van der Waals surface area contributed by atoms with Gasteiger partial charge in [-0.15, -0.1) is 0 Å². The third kappa shape index (κ3) is 6.85. The zero-order chi connectivity index (χ0) is 17.7. The zero-order valence-electron chi connectivity index (χ0n) is 13.4. The molecule has 0 fully saturated rings. The number of urea groups is 1. The number of aliphatic hydroxyl groups is 1. The minimum absolute atomic E-state index is 0.0459. The van der Waals surface area contributed by atoms with Crippen molar-refractivity contribution < 1.29 is 23.1 Å². The van der Waals surface area contributed by atoms with Crippen molar-refractivity contribution in [2.24, 2.45) is 5.41 Å². The van der Waals surface area contributed by atoms with Crippen LogP contribution in [0, 0.1) is 5.41 Å². The summed E-state index contributed by atoms with van der Waals surface area (Å²) in [6.45, 7) is 6.65. The Labute approximate surface area is 133 Å². The SMILES string of the molecule is CC(C)(C)CN(CCCO)C(=O)Nc1ccc(C(F)(F)F)nc1. The molecule has 0 spiro atoms. The first-order valence-electron chi connectivity index (χ1n) is 7.23. The Kier molecular flexibility index (Phi) is 6.37. The van der Waals surface area contributed by atoms with Crippen LogP contribution in [0.2, 0.25) is 0 Å². The van der Waals surface area contributed by atoms with Crippen LogP contribution in [0.1, 0.15) is 32.9 Å². The minimum atomic E-state index is -4.51. The average Bonchev–Trinajstić information content (AvgIpc) is 2.41. The van der Waals surface area contributed by atoms with E-state index in [-0.39, 0.29) is 17.7 Å². The van der Waals surface area contributed by atoms with Gasteiger partial charge in [0, 0.05) is 19.7 Å². The predicted octanol–water partition coefficient (Wildman–Crippen LogP) is 3.36. The molecule has 130 valence electrons. The molecule has 2 amide bonds. The van der Waals surface area contributed by atoms with E-state index in [9.17, 15) is 18.0 Å². The number of hydrogen-bond donors (Lipinski definition) is 2. The van der Waals surface area contributed by atoms with Gasteiger partial charge in [0.25, 0.3) is 0 Å². The van der Waals surface area contributed by atoms with Crippen molar-refractivity contribution in [3.05, 3.63) is 24.0 Å². The van der Waals surface area contributed by atoms with E-state index in [1.54, 1.807) is 0 Å². The molecule has 0 aromatic carbocycles. The van der Waals surface area contributed by atoms with Crippen LogP contribution in [0.15, 0.2) is 18.3 Å². The smallest absolute Gasteiger partial charge is 0.396 e. The molecule has 0 unspecified atom stereocenters. The highest BCUT2D eigenvalue weighted by molar-refractivity contribution is 5.89. The highest BCUT2D eigenvalue weighted by Gasteiger charge is 2.32. The summed E-state index contributed by atoms with van der Waals surface area (Å²) < 4.78 is 37.4. The Morgan fingerprint density at radius 2 is 1.96 bits per heavy atom. The maximum atomic E-state index is 12.5. The van der Waals surface area contributed by atoms with Gasteiger partial charge in [-0.2, -0.15) is 13.2 Å². The molecule has 0 saturated heterocycles. The van der Waals surface area contributed by atoms with Gasteiger partial charge in [-0.05, 0) is 24.0 Å². The third-order valence-electron chi connectivity index (χ3n) is 2.84. The van der Waals surface area contributed by atoms with E-state index in [1.165, 1.54) is 4.90 Å². The van der Waals surface area contributed by atoms with Crippen LogP contribution >= 0.6 is 0 Å². The number of alkyl halides is 3.